The van der Waals surface area contributed by atoms with E-state index in [0.717, 1.165) is 25.3 Å². The van der Waals surface area contributed by atoms with Crippen LogP contribution in [-0.4, -0.2) is 27.9 Å². The summed E-state index contributed by atoms with van der Waals surface area (Å²) in [6.07, 6.45) is 13.8. The minimum absolute atomic E-state index is 0.966. The second kappa shape index (κ2) is 11.0. The van der Waals surface area contributed by atoms with Crippen molar-refractivity contribution < 1.29 is 0 Å². The van der Waals surface area contributed by atoms with Crippen LogP contribution < -0.4 is 5.32 Å². The lowest BCUT2D eigenvalue weighted by atomic mass is 10.1. The van der Waals surface area contributed by atoms with Crippen LogP contribution in [0.1, 0.15) is 64.1 Å². The van der Waals surface area contributed by atoms with Gasteiger partial charge >= 0.3 is 0 Å². The smallest absolute Gasteiger partial charge is 0.133 e. The predicted molar refractivity (Wildman–Crippen MR) is 80.2 cm³/mol. The molecule has 110 valence electrons. The molecule has 0 saturated carbocycles. The molecule has 0 radical (unpaired) electrons. The first-order valence-electron chi connectivity index (χ1n) is 7.88. The SMILES string of the molecule is CCCCCCCCCCNCCc1nncn1C. The van der Waals surface area contributed by atoms with E-state index in [1.54, 1.807) is 6.33 Å². The lowest BCUT2D eigenvalue weighted by molar-refractivity contribution is 0.553. The Morgan fingerprint density at radius 3 is 2.32 bits per heavy atom. The third-order valence-electron chi connectivity index (χ3n) is 3.54. The summed E-state index contributed by atoms with van der Waals surface area (Å²) in [6, 6.07) is 0. The molecule has 1 aromatic rings. The van der Waals surface area contributed by atoms with Crippen LogP contribution in [0.5, 0.6) is 0 Å². The van der Waals surface area contributed by atoms with E-state index in [-0.39, 0.29) is 0 Å². The summed E-state index contributed by atoms with van der Waals surface area (Å²) in [5.74, 6) is 1.06. The Balaban J connectivity index is 1.80. The van der Waals surface area contributed by atoms with Crippen molar-refractivity contribution in [3.05, 3.63) is 12.2 Å². The van der Waals surface area contributed by atoms with E-state index in [0.29, 0.717) is 0 Å². The summed E-state index contributed by atoms with van der Waals surface area (Å²) < 4.78 is 1.98. The molecule has 0 aliphatic heterocycles. The van der Waals surface area contributed by atoms with Crippen LogP contribution in [-0.2, 0) is 13.5 Å². The number of hydrogen-bond donors (Lipinski definition) is 1. The van der Waals surface area contributed by atoms with Crippen LogP contribution >= 0.6 is 0 Å². The molecule has 19 heavy (non-hydrogen) atoms. The molecule has 0 saturated heterocycles. The van der Waals surface area contributed by atoms with E-state index in [1.165, 1.54) is 51.4 Å². The van der Waals surface area contributed by atoms with E-state index in [9.17, 15) is 0 Å². The lowest BCUT2D eigenvalue weighted by Gasteiger charge is -2.04. The number of hydrogen-bond acceptors (Lipinski definition) is 3. The molecule has 1 rings (SSSR count). The second-order valence-corrected chi connectivity index (χ2v) is 5.33. The molecule has 0 aromatic carbocycles. The van der Waals surface area contributed by atoms with Gasteiger partial charge in [0.2, 0.25) is 0 Å². The Kier molecular flexibility index (Phi) is 9.33. The molecule has 0 aliphatic carbocycles. The molecule has 0 atom stereocenters. The molecule has 4 heteroatoms. The highest BCUT2D eigenvalue weighted by atomic mass is 15.2. The predicted octanol–water partition coefficient (Wildman–Crippen LogP) is 3.09. The third-order valence-corrected chi connectivity index (χ3v) is 3.54. The Bertz CT molecular complexity index is 309. The van der Waals surface area contributed by atoms with Crippen LogP contribution in [0.15, 0.2) is 6.33 Å². The van der Waals surface area contributed by atoms with E-state index in [1.807, 2.05) is 11.6 Å². The van der Waals surface area contributed by atoms with Gasteiger partial charge < -0.3 is 9.88 Å². The number of nitrogens with one attached hydrogen (secondary N) is 1. The Labute approximate surface area is 118 Å². The standard InChI is InChI=1S/C15H30N4/c1-3-4-5-6-7-8-9-10-12-16-13-11-15-18-17-14-19(15)2/h14,16H,3-13H2,1-2H3. The minimum Gasteiger partial charge on any atom is -0.321 e. The molecule has 0 spiro atoms. The highest BCUT2D eigenvalue weighted by Crippen LogP contribution is 2.07. The number of rotatable bonds is 12. The summed E-state index contributed by atoms with van der Waals surface area (Å²) >= 11 is 0. The fourth-order valence-corrected chi connectivity index (χ4v) is 2.24. The molecule has 1 N–H and O–H groups in total. The van der Waals surface area contributed by atoms with Gasteiger partial charge in [0, 0.05) is 20.0 Å². The number of aromatic nitrogens is 3. The van der Waals surface area contributed by atoms with Crippen LogP contribution in [0.25, 0.3) is 0 Å². The van der Waals surface area contributed by atoms with Gasteiger partial charge in [0.1, 0.15) is 12.2 Å². The number of unbranched alkanes of at least 4 members (excludes halogenated alkanes) is 7. The highest BCUT2D eigenvalue weighted by Gasteiger charge is 1.99. The molecule has 0 bridgehead atoms. The highest BCUT2D eigenvalue weighted by molar-refractivity contribution is 4.84. The van der Waals surface area contributed by atoms with Crippen LogP contribution in [0.4, 0.5) is 0 Å². The molecule has 1 aromatic heterocycles. The van der Waals surface area contributed by atoms with Gasteiger partial charge in [-0.3, -0.25) is 0 Å². The summed E-state index contributed by atoms with van der Waals surface area (Å²) in [4.78, 5) is 0. The molecule has 0 aliphatic rings. The maximum absolute atomic E-state index is 4.07. The Morgan fingerprint density at radius 2 is 1.68 bits per heavy atom. The summed E-state index contributed by atoms with van der Waals surface area (Å²) in [5, 5.41) is 11.4. The maximum atomic E-state index is 4.07. The molecular formula is C15H30N4. The van der Waals surface area contributed by atoms with Crippen molar-refractivity contribution >= 4 is 0 Å². The van der Waals surface area contributed by atoms with Crippen molar-refractivity contribution in [1.29, 1.82) is 0 Å². The summed E-state index contributed by atoms with van der Waals surface area (Å²) in [6.45, 7) is 4.41. The van der Waals surface area contributed by atoms with E-state index < -0.39 is 0 Å². The zero-order chi connectivity index (χ0) is 13.8. The largest absolute Gasteiger partial charge is 0.321 e. The number of nitrogens with zero attached hydrogens (tertiary/aromatic N) is 3. The van der Waals surface area contributed by atoms with Crippen molar-refractivity contribution in [2.24, 2.45) is 7.05 Å². The van der Waals surface area contributed by atoms with Gasteiger partial charge in [0.15, 0.2) is 0 Å². The van der Waals surface area contributed by atoms with Crippen molar-refractivity contribution in [1.82, 2.24) is 20.1 Å². The average Bonchev–Trinajstić information content (AvgIpc) is 2.82. The zero-order valence-electron chi connectivity index (χ0n) is 12.7. The molecule has 4 nitrogen and oxygen atoms in total. The fraction of sp³-hybridized carbons (Fsp3) is 0.867. The lowest BCUT2D eigenvalue weighted by Crippen LogP contribution is -2.19. The molecule has 0 unspecified atom stereocenters. The zero-order valence-corrected chi connectivity index (χ0v) is 12.7. The van der Waals surface area contributed by atoms with Crippen LogP contribution in [0, 0.1) is 0 Å². The first-order chi connectivity index (χ1) is 9.34. The first kappa shape index (κ1) is 16.2. The molecule has 0 amide bonds. The Hall–Kier alpha value is -0.900. The molecular weight excluding hydrogens is 236 g/mol. The third kappa shape index (κ3) is 7.98. The van der Waals surface area contributed by atoms with Crippen LogP contribution in [0.3, 0.4) is 0 Å². The fourth-order valence-electron chi connectivity index (χ4n) is 2.24. The van der Waals surface area contributed by atoms with Gasteiger partial charge in [-0.15, -0.1) is 10.2 Å². The molecule has 1 heterocycles. The van der Waals surface area contributed by atoms with E-state index in [4.69, 9.17) is 0 Å². The summed E-state index contributed by atoms with van der Waals surface area (Å²) in [7, 11) is 1.99. The minimum atomic E-state index is 0.966. The van der Waals surface area contributed by atoms with E-state index in [2.05, 4.69) is 22.4 Å². The molecule has 0 fully saturated rings. The topological polar surface area (TPSA) is 42.7 Å². The second-order valence-electron chi connectivity index (χ2n) is 5.33. The van der Waals surface area contributed by atoms with Gasteiger partial charge in [-0.1, -0.05) is 51.9 Å². The van der Waals surface area contributed by atoms with Gasteiger partial charge in [-0.05, 0) is 13.0 Å². The van der Waals surface area contributed by atoms with Crippen molar-refractivity contribution in [3.8, 4) is 0 Å². The maximum Gasteiger partial charge on any atom is 0.133 e. The van der Waals surface area contributed by atoms with Crippen molar-refractivity contribution in [2.45, 2.75) is 64.7 Å². The number of aryl methyl sites for hydroxylation is 1. The summed E-state index contributed by atoms with van der Waals surface area (Å²) in [5.41, 5.74) is 0. The van der Waals surface area contributed by atoms with Crippen molar-refractivity contribution in [3.63, 3.8) is 0 Å². The van der Waals surface area contributed by atoms with Gasteiger partial charge in [-0.25, -0.2) is 0 Å². The quantitative estimate of drug-likeness (QED) is 0.591. The van der Waals surface area contributed by atoms with Gasteiger partial charge in [0.25, 0.3) is 0 Å². The van der Waals surface area contributed by atoms with Crippen LogP contribution in [0.2, 0.25) is 0 Å². The average molecular weight is 266 g/mol. The van der Waals surface area contributed by atoms with Gasteiger partial charge in [0.05, 0.1) is 0 Å². The van der Waals surface area contributed by atoms with E-state index >= 15 is 0 Å². The Morgan fingerprint density at radius 1 is 1.00 bits per heavy atom. The first-order valence-corrected chi connectivity index (χ1v) is 7.88. The monoisotopic (exact) mass is 266 g/mol. The van der Waals surface area contributed by atoms with Crippen molar-refractivity contribution in [2.75, 3.05) is 13.1 Å². The van der Waals surface area contributed by atoms with Gasteiger partial charge in [-0.2, -0.15) is 0 Å². The normalized spacial score (nSPS) is 11.1.